The van der Waals surface area contributed by atoms with Gasteiger partial charge in [0.2, 0.25) is 0 Å². The van der Waals surface area contributed by atoms with Gasteiger partial charge in [-0.15, -0.1) is 6.42 Å². The topological polar surface area (TPSA) is 0 Å². The molecule has 0 spiro atoms. The summed E-state index contributed by atoms with van der Waals surface area (Å²) in [4.78, 5) is 0. The molecule has 1 saturated carbocycles. The second kappa shape index (κ2) is 3.57. The molecule has 0 aromatic heterocycles. The Morgan fingerprint density at radius 2 is 2.00 bits per heavy atom. The van der Waals surface area contributed by atoms with E-state index in [9.17, 15) is 0 Å². The monoisotopic (exact) mass is 133 g/mol. The molecule has 0 heterocycles. The smallest absolute Gasteiger partial charge is 0.372 e. The molecule has 0 N–H and O–H groups in total. The van der Waals surface area contributed by atoms with Gasteiger partial charge in [0.25, 0.3) is 0 Å². The fourth-order valence-corrected chi connectivity index (χ4v) is 0.677. The molecule has 39 valence electrons. The van der Waals surface area contributed by atoms with E-state index in [-0.39, 0.29) is 18.6 Å². The van der Waals surface area contributed by atoms with Crippen molar-refractivity contribution in [2.75, 3.05) is 0 Å². The predicted molar refractivity (Wildman–Crippen MR) is 27.1 cm³/mol. The van der Waals surface area contributed by atoms with E-state index in [4.69, 9.17) is 0 Å². The molecule has 0 bridgehead atoms. The molecule has 1 rings (SSSR count). The predicted octanol–water partition coefficient (Wildman–Crippen LogP) is 1.97. The van der Waals surface area contributed by atoms with E-state index in [1.165, 1.54) is 19.3 Å². The Morgan fingerprint density at radius 1 is 1.43 bits per heavy atom. The summed E-state index contributed by atoms with van der Waals surface area (Å²) in [6, 6.07) is 0. The van der Waals surface area contributed by atoms with Crippen LogP contribution in [0.4, 0.5) is 0 Å². The average Bonchev–Trinajstić information content (AvgIpc) is 1.31. The van der Waals surface area contributed by atoms with Gasteiger partial charge in [-0.25, -0.2) is 0 Å². The fraction of sp³-hybridized carbons (Fsp3) is 0.667. The summed E-state index contributed by atoms with van der Waals surface area (Å²) in [5.74, 6) is 1.66. The van der Waals surface area contributed by atoms with Gasteiger partial charge in [-0.2, -0.15) is 12.8 Å². The van der Waals surface area contributed by atoms with Gasteiger partial charge >= 0.3 is 18.6 Å². The van der Waals surface area contributed by atoms with E-state index in [0.29, 0.717) is 0 Å². The quantitative estimate of drug-likeness (QED) is 0.479. The Hall–Kier alpha value is 0.584. The summed E-state index contributed by atoms with van der Waals surface area (Å²) in [6.07, 6.45) is 5.23. The van der Waals surface area contributed by atoms with E-state index in [1.807, 2.05) is 0 Å². The second-order valence-electron chi connectivity index (χ2n) is 1.85. The first-order valence-electron chi connectivity index (χ1n) is 2.56. The van der Waals surface area contributed by atoms with E-state index in [0.717, 1.165) is 6.42 Å². The molecule has 0 amide bonds. The third-order valence-corrected chi connectivity index (χ3v) is 1.41. The van der Waals surface area contributed by atoms with Crippen LogP contribution in [0.25, 0.3) is 0 Å². The Kier molecular flexibility index (Phi) is 3.87. The summed E-state index contributed by atoms with van der Waals surface area (Å²) < 4.78 is 0. The van der Waals surface area contributed by atoms with Crippen LogP contribution in [0.2, 0.25) is 0 Å². The van der Waals surface area contributed by atoms with Crippen LogP contribution >= 0.6 is 0 Å². The Labute approximate surface area is 57.6 Å². The first kappa shape index (κ1) is 7.58. The van der Waals surface area contributed by atoms with Crippen LogP contribution in [0.1, 0.15) is 25.7 Å². The van der Waals surface area contributed by atoms with Crippen molar-refractivity contribution in [2.45, 2.75) is 25.7 Å². The van der Waals surface area contributed by atoms with Crippen molar-refractivity contribution in [1.82, 2.24) is 0 Å². The minimum absolute atomic E-state index is 0. The minimum Gasteiger partial charge on any atom is -0.372 e. The SMILES string of the molecule is [CH2-]C[C-]1CCC1.[V+2]. The molecule has 0 aliphatic heterocycles. The molecule has 1 heteroatoms. The van der Waals surface area contributed by atoms with Crippen LogP contribution in [-0.4, -0.2) is 0 Å². The zero-order valence-electron chi connectivity index (χ0n) is 4.48. The molecule has 0 atom stereocenters. The van der Waals surface area contributed by atoms with Crippen LogP contribution in [0.15, 0.2) is 0 Å². The van der Waals surface area contributed by atoms with Gasteiger partial charge in [-0.05, 0) is 0 Å². The van der Waals surface area contributed by atoms with Crippen molar-refractivity contribution < 1.29 is 18.6 Å². The standard InChI is InChI=1S/C6H10.V/c1-2-6-4-3-5-6;/h1-5H2;/q-2;+2. The maximum Gasteiger partial charge on any atom is 2.00 e. The molecular formula is C6H10V. The summed E-state index contributed by atoms with van der Waals surface area (Å²) in [7, 11) is 0. The zero-order valence-corrected chi connectivity index (χ0v) is 5.88. The van der Waals surface area contributed by atoms with Crippen LogP contribution in [0.5, 0.6) is 0 Å². The minimum atomic E-state index is 0. The van der Waals surface area contributed by atoms with Crippen molar-refractivity contribution in [3.8, 4) is 0 Å². The number of hydrogen-bond acceptors (Lipinski definition) is 0. The third kappa shape index (κ3) is 1.88. The molecule has 7 heavy (non-hydrogen) atoms. The normalized spacial score (nSPS) is 20.1. The largest absolute Gasteiger partial charge is 2.00 e. The molecule has 0 aromatic rings. The Bertz CT molecular complexity index is 36.7. The van der Waals surface area contributed by atoms with Gasteiger partial charge < -0.3 is 19.3 Å². The van der Waals surface area contributed by atoms with E-state index >= 15 is 0 Å². The third-order valence-electron chi connectivity index (χ3n) is 1.41. The number of hydrogen-bond donors (Lipinski definition) is 0. The van der Waals surface area contributed by atoms with Crippen LogP contribution in [-0.2, 0) is 18.6 Å². The van der Waals surface area contributed by atoms with Crippen molar-refractivity contribution >= 4 is 0 Å². The van der Waals surface area contributed by atoms with Gasteiger partial charge in [0, 0.05) is 0 Å². The van der Waals surface area contributed by atoms with E-state index < -0.39 is 0 Å². The summed E-state index contributed by atoms with van der Waals surface area (Å²) in [5, 5.41) is 0. The van der Waals surface area contributed by atoms with Crippen LogP contribution < -0.4 is 0 Å². The first-order valence-corrected chi connectivity index (χ1v) is 2.56. The van der Waals surface area contributed by atoms with Crippen molar-refractivity contribution in [3.63, 3.8) is 0 Å². The van der Waals surface area contributed by atoms with Gasteiger partial charge in [0.05, 0.1) is 0 Å². The Morgan fingerprint density at radius 3 is 2.00 bits per heavy atom. The molecular weight excluding hydrogens is 123 g/mol. The molecule has 0 unspecified atom stereocenters. The van der Waals surface area contributed by atoms with Crippen molar-refractivity contribution in [1.29, 1.82) is 0 Å². The summed E-state index contributed by atoms with van der Waals surface area (Å²) in [5.41, 5.74) is 0. The summed E-state index contributed by atoms with van der Waals surface area (Å²) >= 11 is 0. The maximum absolute atomic E-state index is 3.77. The van der Waals surface area contributed by atoms with Crippen molar-refractivity contribution in [3.05, 3.63) is 12.8 Å². The van der Waals surface area contributed by atoms with E-state index in [2.05, 4.69) is 6.92 Å². The molecule has 0 aromatic carbocycles. The molecule has 1 aliphatic carbocycles. The zero-order chi connectivity index (χ0) is 4.41. The molecule has 1 aliphatic rings. The van der Waals surface area contributed by atoms with Gasteiger partial charge in [0.15, 0.2) is 0 Å². The number of rotatable bonds is 1. The van der Waals surface area contributed by atoms with Crippen molar-refractivity contribution in [2.24, 2.45) is 0 Å². The van der Waals surface area contributed by atoms with Gasteiger partial charge in [0.1, 0.15) is 0 Å². The fourth-order valence-electron chi connectivity index (χ4n) is 0.677. The molecule has 0 saturated heterocycles. The molecule has 1 fully saturated rings. The first-order chi connectivity index (χ1) is 2.93. The van der Waals surface area contributed by atoms with Gasteiger partial charge in [-0.1, -0.05) is 0 Å². The Balaban J connectivity index is 0.000000360. The van der Waals surface area contributed by atoms with Crippen LogP contribution in [0.3, 0.4) is 0 Å². The van der Waals surface area contributed by atoms with Crippen LogP contribution in [0, 0.1) is 12.8 Å². The van der Waals surface area contributed by atoms with Gasteiger partial charge in [-0.3, -0.25) is 0 Å². The molecule has 1 radical (unpaired) electrons. The maximum atomic E-state index is 3.77. The summed E-state index contributed by atoms with van der Waals surface area (Å²) in [6.45, 7) is 3.77. The molecule has 0 nitrogen and oxygen atoms in total. The average molecular weight is 133 g/mol. The second-order valence-corrected chi connectivity index (χ2v) is 1.85. The van der Waals surface area contributed by atoms with E-state index in [1.54, 1.807) is 5.92 Å².